The summed E-state index contributed by atoms with van der Waals surface area (Å²) < 4.78 is 2.11. The van der Waals surface area contributed by atoms with E-state index in [1.807, 2.05) is 18.7 Å². The summed E-state index contributed by atoms with van der Waals surface area (Å²) in [5, 5.41) is 3.63. The molecule has 4 heteroatoms. The molecule has 0 atom stereocenters. The number of aromatic nitrogens is 2. The Morgan fingerprint density at radius 2 is 2.00 bits per heavy atom. The average Bonchev–Trinajstić information content (AvgIpc) is 2.98. The van der Waals surface area contributed by atoms with Crippen molar-refractivity contribution in [3.05, 3.63) is 54.1 Å². The van der Waals surface area contributed by atoms with E-state index < -0.39 is 0 Å². The van der Waals surface area contributed by atoms with E-state index in [2.05, 4.69) is 53.0 Å². The van der Waals surface area contributed by atoms with Gasteiger partial charge in [-0.1, -0.05) is 24.3 Å². The van der Waals surface area contributed by atoms with Gasteiger partial charge in [0.05, 0.1) is 6.33 Å². The second-order valence-electron chi connectivity index (χ2n) is 5.94. The van der Waals surface area contributed by atoms with E-state index in [0.29, 0.717) is 6.54 Å². The molecule has 0 radical (unpaired) electrons. The highest BCUT2D eigenvalue weighted by Crippen LogP contribution is 2.20. The fourth-order valence-electron chi connectivity index (χ4n) is 2.44. The maximum Gasteiger partial charge on any atom is 0.0945 e. The zero-order valence-electron chi connectivity index (χ0n) is 13.0. The quantitative estimate of drug-likeness (QED) is 0.732. The Bertz CT molecular complexity index is 514. The van der Waals surface area contributed by atoms with E-state index in [0.717, 1.165) is 25.9 Å². The molecule has 0 saturated carbocycles. The number of hydrogen-bond acceptors (Lipinski definition) is 3. The van der Waals surface area contributed by atoms with Gasteiger partial charge in [0.25, 0.3) is 0 Å². The SMILES string of the molecule is CC(C)(NCCCn1ccnc1)c1ccc(CCN)cc1. The van der Waals surface area contributed by atoms with Crippen molar-refractivity contribution in [1.29, 1.82) is 0 Å². The molecule has 0 aliphatic heterocycles. The topological polar surface area (TPSA) is 55.9 Å². The van der Waals surface area contributed by atoms with Crippen molar-refractivity contribution >= 4 is 0 Å². The Morgan fingerprint density at radius 3 is 2.62 bits per heavy atom. The molecule has 0 saturated heterocycles. The van der Waals surface area contributed by atoms with Gasteiger partial charge in [-0.3, -0.25) is 0 Å². The smallest absolute Gasteiger partial charge is 0.0945 e. The molecule has 0 fully saturated rings. The second kappa shape index (κ2) is 7.38. The highest BCUT2D eigenvalue weighted by Gasteiger charge is 2.18. The third-order valence-electron chi connectivity index (χ3n) is 3.83. The summed E-state index contributed by atoms with van der Waals surface area (Å²) in [6.45, 7) is 7.13. The lowest BCUT2D eigenvalue weighted by molar-refractivity contribution is 0.393. The number of imidazole rings is 1. The monoisotopic (exact) mass is 286 g/mol. The lowest BCUT2D eigenvalue weighted by Gasteiger charge is -2.27. The summed E-state index contributed by atoms with van der Waals surface area (Å²) in [6, 6.07) is 8.76. The molecule has 1 heterocycles. The van der Waals surface area contributed by atoms with Gasteiger partial charge in [-0.25, -0.2) is 4.98 Å². The molecule has 1 aromatic carbocycles. The zero-order valence-corrected chi connectivity index (χ0v) is 13.0. The fourth-order valence-corrected chi connectivity index (χ4v) is 2.44. The fraction of sp³-hybridized carbons (Fsp3) is 0.471. The predicted octanol–water partition coefficient (Wildman–Crippen LogP) is 2.30. The van der Waals surface area contributed by atoms with Crippen LogP contribution in [0.25, 0.3) is 0 Å². The van der Waals surface area contributed by atoms with Gasteiger partial charge in [0, 0.05) is 24.5 Å². The zero-order chi connectivity index (χ0) is 15.1. The van der Waals surface area contributed by atoms with E-state index in [9.17, 15) is 0 Å². The number of nitrogens with two attached hydrogens (primary N) is 1. The summed E-state index contributed by atoms with van der Waals surface area (Å²) in [5.41, 5.74) is 8.18. The first kappa shape index (κ1) is 15.7. The lowest BCUT2D eigenvalue weighted by Crippen LogP contribution is -2.37. The summed E-state index contributed by atoms with van der Waals surface area (Å²) in [6.07, 6.45) is 7.72. The molecule has 2 rings (SSSR count). The van der Waals surface area contributed by atoms with E-state index in [1.54, 1.807) is 0 Å². The molecule has 0 unspecified atom stereocenters. The Balaban J connectivity index is 1.82. The number of hydrogen-bond donors (Lipinski definition) is 2. The number of nitrogens with one attached hydrogen (secondary N) is 1. The van der Waals surface area contributed by atoms with Gasteiger partial charge in [0.15, 0.2) is 0 Å². The van der Waals surface area contributed by atoms with Crippen LogP contribution in [0.4, 0.5) is 0 Å². The van der Waals surface area contributed by atoms with Crippen LogP contribution in [0, 0.1) is 0 Å². The summed E-state index contributed by atoms with van der Waals surface area (Å²) in [4.78, 5) is 4.05. The van der Waals surface area contributed by atoms with Crippen molar-refractivity contribution < 1.29 is 0 Å². The first-order valence-corrected chi connectivity index (χ1v) is 7.62. The summed E-state index contributed by atoms with van der Waals surface area (Å²) in [7, 11) is 0. The maximum atomic E-state index is 5.59. The molecule has 3 N–H and O–H groups in total. The molecular formula is C17H26N4. The van der Waals surface area contributed by atoms with Gasteiger partial charge in [-0.05, 0) is 50.9 Å². The maximum absolute atomic E-state index is 5.59. The van der Waals surface area contributed by atoms with Gasteiger partial charge >= 0.3 is 0 Å². The summed E-state index contributed by atoms with van der Waals surface area (Å²) in [5.74, 6) is 0. The molecular weight excluding hydrogens is 260 g/mol. The highest BCUT2D eigenvalue weighted by molar-refractivity contribution is 5.27. The molecule has 2 aromatic rings. The van der Waals surface area contributed by atoms with Gasteiger partial charge < -0.3 is 15.6 Å². The minimum atomic E-state index is -0.0177. The first-order valence-electron chi connectivity index (χ1n) is 7.62. The van der Waals surface area contributed by atoms with Crippen LogP contribution in [0.15, 0.2) is 43.0 Å². The van der Waals surface area contributed by atoms with Crippen LogP contribution in [-0.2, 0) is 18.5 Å². The molecule has 0 aliphatic carbocycles. The minimum absolute atomic E-state index is 0.0177. The second-order valence-corrected chi connectivity index (χ2v) is 5.94. The van der Waals surface area contributed by atoms with E-state index in [1.165, 1.54) is 11.1 Å². The molecule has 114 valence electrons. The van der Waals surface area contributed by atoms with E-state index >= 15 is 0 Å². The molecule has 0 spiro atoms. The van der Waals surface area contributed by atoms with Crippen molar-refractivity contribution in [2.75, 3.05) is 13.1 Å². The van der Waals surface area contributed by atoms with Gasteiger partial charge in [0.2, 0.25) is 0 Å². The molecule has 21 heavy (non-hydrogen) atoms. The number of aryl methyl sites for hydroxylation is 1. The standard InChI is InChI=1S/C17H26N4/c1-17(2,16-6-4-15(5-7-16)8-9-18)20-10-3-12-21-13-11-19-14-21/h4-7,11,13-14,20H,3,8-10,12,18H2,1-2H3. The van der Waals surface area contributed by atoms with E-state index in [4.69, 9.17) is 5.73 Å². The highest BCUT2D eigenvalue weighted by atomic mass is 15.0. The lowest BCUT2D eigenvalue weighted by atomic mass is 9.93. The minimum Gasteiger partial charge on any atom is -0.337 e. The van der Waals surface area contributed by atoms with Gasteiger partial charge in [-0.15, -0.1) is 0 Å². The van der Waals surface area contributed by atoms with E-state index in [-0.39, 0.29) is 5.54 Å². The van der Waals surface area contributed by atoms with Crippen molar-refractivity contribution in [1.82, 2.24) is 14.9 Å². The van der Waals surface area contributed by atoms with Crippen molar-refractivity contribution in [3.8, 4) is 0 Å². The number of rotatable bonds is 8. The largest absolute Gasteiger partial charge is 0.337 e. The predicted molar refractivity (Wildman–Crippen MR) is 87.1 cm³/mol. The number of benzene rings is 1. The van der Waals surface area contributed by atoms with Crippen LogP contribution in [0.2, 0.25) is 0 Å². The number of nitrogens with zero attached hydrogens (tertiary/aromatic N) is 2. The molecule has 0 aliphatic rings. The van der Waals surface area contributed by atoms with Crippen molar-refractivity contribution in [2.24, 2.45) is 5.73 Å². The van der Waals surface area contributed by atoms with Crippen molar-refractivity contribution in [3.63, 3.8) is 0 Å². The Labute approximate surface area is 127 Å². The summed E-state index contributed by atoms with van der Waals surface area (Å²) >= 11 is 0. The van der Waals surface area contributed by atoms with Crippen LogP contribution < -0.4 is 11.1 Å². The van der Waals surface area contributed by atoms with Crippen LogP contribution in [-0.4, -0.2) is 22.6 Å². The Kier molecular flexibility index (Phi) is 5.53. The van der Waals surface area contributed by atoms with Crippen LogP contribution in [0.1, 0.15) is 31.4 Å². The third-order valence-corrected chi connectivity index (χ3v) is 3.83. The third kappa shape index (κ3) is 4.69. The first-order chi connectivity index (χ1) is 10.1. The van der Waals surface area contributed by atoms with Crippen LogP contribution in [0.5, 0.6) is 0 Å². The van der Waals surface area contributed by atoms with Crippen LogP contribution in [0.3, 0.4) is 0 Å². The average molecular weight is 286 g/mol. The van der Waals surface area contributed by atoms with Gasteiger partial charge in [-0.2, -0.15) is 0 Å². The molecule has 4 nitrogen and oxygen atoms in total. The molecule has 0 bridgehead atoms. The Hall–Kier alpha value is -1.65. The van der Waals surface area contributed by atoms with Crippen molar-refractivity contribution in [2.45, 2.75) is 38.8 Å². The normalized spacial score (nSPS) is 11.8. The van der Waals surface area contributed by atoms with Crippen LogP contribution >= 0.6 is 0 Å². The van der Waals surface area contributed by atoms with Gasteiger partial charge in [0.1, 0.15) is 0 Å². The molecule has 1 aromatic heterocycles. The Morgan fingerprint density at radius 1 is 1.24 bits per heavy atom. The molecule has 0 amide bonds.